The molecule has 0 amide bonds. The van der Waals surface area contributed by atoms with Gasteiger partial charge >= 0.3 is 0 Å². The zero-order chi connectivity index (χ0) is 14.8. The molecule has 2 aromatic rings. The van der Waals surface area contributed by atoms with Gasteiger partial charge in [0.2, 0.25) is 5.89 Å². The fourth-order valence-corrected chi connectivity index (χ4v) is 4.02. The number of halogens is 2. The first-order valence-electron chi connectivity index (χ1n) is 8.04. The number of piperazine rings is 1. The molecule has 2 aliphatic rings. The van der Waals surface area contributed by atoms with E-state index in [1.807, 2.05) is 12.3 Å². The SMILES string of the molecule is Cl.Cl.c1csc(-c2nc(CN3CCN(C4CCNC4)CC3)co2)c1. The van der Waals surface area contributed by atoms with Gasteiger partial charge in [-0.3, -0.25) is 9.80 Å². The van der Waals surface area contributed by atoms with Crippen LogP contribution in [0.4, 0.5) is 0 Å². The molecule has 24 heavy (non-hydrogen) atoms. The van der Waals surface area contributed by atoms with Crippen molar-refractivity contribution in [3.63, 3.8) is 0 Å². The third-order valence-corrected chi connectivity index (χ3v) is 5.48. The molecule has 0 spiro atoms. The highest BCUT2D eigenvalue weighted by Gasteiger charge is 2.26. The van der Waals surface area contributed by atoms with Crippen molar-refractivity contribution in [2.24, 2.45) is 0 Å². The van der Waals surface area contributed by atoms with Crippen molar-refractivity contribution in [3.05, 3.63) is 29.5 Å². The Hall–Kier alpha value is -0.630. The molecule has 0 aliphatic carbocycles. The van der Waals surface area contributed by atoms with Crippen LogP contribution in [0.2, 0.25) is 0 Å². The molecule has 8 heteroatoms. The lowest BCUT2D eigenvalue weighted by atomic mass is 10.2. The Morgan fingerprint density at radius 1 is 1.25 bits per heavy atom. The molecule has 4 heterocycles. The first kappa shape index (κ1) is 19.7. The minimum Gasteiger partial charge on any atom is -0.444 e. The van der Waals surface area contributed by atoms with Gasteiger partial charge in [0, 0.05) is 45.3 Å². The van der Waals surface area contributed by atoms with Crippen LogP contribution in [0.15, 0.2) is 28.2 Å². The van der Waals surface area contributed by atoms with Crippen LogP contribution >= 0.6 is 36.2 Å². The highest BCUT2D eigenvalue weighted by atomic mass is 35.5. The van der Waals surface area contributed by atoms with E-state index >= 15 is 0 Å². The van der Waals surface area contributed by atoms with Crippen molar-refractivity contribution in [3.8, 4) is 10.8 Å². The Morgan fingerprint density at radius 2 is 2.08 bits per heavy atom. The standard InChI is InChI=1S/C16H22N4OS.2ClH/c1-2-15(22-9-1)16-18-13(12-21-16)11-19-5-7-20(8-6-19)14-3-4-17-10-14;;/h1-2,9,12,14,17H,3-8,10-11H2;2*1H. The third kappa shape index (κ3) is 4.50. The molecule has 0 bridgehead atoms. The summed E-state index contributed by atoms with van der Waals surface area (Å²) in [6.45, 7) is 7.81. The lowest BCUT2D eigenvalue weighted by Gasteiger charge is -2.37. The molecule has 0 radical (unpaired) electrons. The van der Waals surface area contributed by atoms with E-state index in [4.69, 9.17) is 4.42 Å². The molecule has 5 nitrogen and oxygen atoms in total. The Labute approximate surface area is 159 Å². The van der Waals surface area contributed by atoms with Gasteiger partial charge in [-0.15, -0.1) is 36.2 Å². The Kier molecular flexibility index (Phi) is 7.53. The maximum atomic E-state index is 5.61. The number of thiophene rings is 1. The summed E-state index contributed by atoms with van der Waals surface area (Å²) >= 11 is 1.67. The first-order chi connectivity index (χ1) is 10.9. The Morgan fingerprint density at radius 3 is 2.75 bits per heavy atom. The number of oxazole rings is 1. The van der Waals surface area contributed by atoms with Gasteiger partial charge in [0.05, 0.1) is 10.6 Å². The fraction of sp³-hybridized carbons (Fsp3) is 0.562. The number of hydrogen-bond acceptors (Lipinski definition) is 6. The van der Waals surface area contributed by atoms with Gasteiger partial charge < -0.3 is 9.73 Å². The van der Waals surface area contributed by atoms with Crippen molar-refractivity contribution in [2.75, 3.05) is 39.3 Å². The van der Waals surface area contributed by atoms with Crippen molar-refractivity contribution in [2.45, 2.75) is 19.0 Å². The molecule has 1 atom stereocenters. The average molecular weight is 391 g/mol. The van der Waals surface area contributed by atoms with Crippen LogP contribution in [0.25, 0.3) is 10.8 Å². The second-order valence-corrected chi connectivity index (χ2v) is 7.03. The zero-order valence-corrected chi connectivity index (χ0v) is 16.0. The van der Waals surface area contributed by atoms with Crippen molar-refractivity contribution in [1.82, 2.24) is 20.1 Å². The van der Waals surface area contributed by atoms with Gasteiger partial charge in [-0.2, -0.15) is 0 Å². The monoisotopic (exact) mass is 390 g/mol. The van der Waals surface area contributed by atoms with Crippen LogP contribution in [-0.4, -0.2) is 60.1 Å². The second-order valence-electron chi connectivity index (χ2n) is 6.08. The number of nitrogens with zero attached hydrogens (tertiary/aromatic N) is 3. The second kappa shape index (κ2) is 9.17. The van der Waals surface area contributed by atoms with Gasteiger partial charge in [-0.1, -0.05) is 6.07 Å². The molecule has 1 unspecified atom stereocenters. The van der Waals surface area contributed by atoms with Gasteiger partial charge in [-0.05, 0) is 24.4 Å². The lowest BCUT2D eigenvalue weighted by molar-refractivity contribution is 0.0973. The quantitative estimate of drug-likeness (QED) is 0.869. The summed E-state index contributed by atoms with van der Waals surface area (Å²) in [7, 11) is 0. The molecule has 0 aromatic carbocycles. The predicted octanol–water partition coefficient (Wildman–Crippen LogP) is 2.73. The Bertz CT molecular complexity index is 593. The van der Waals surface area contributed by atoms with Gasteiger partial charge in [0.15, 0.2) is 0 Å². The van der Waals surface area contributed by atoms with Gasteiger partial charge in [0.25, 0.3) is 0 Å². The van der Waals surface area contributed by atoms with Crippen molar-refractivity contribution in [1.29, 1.82) is 0 Å². The molecule has 2 aliphatic heterocycles. The van der Waals surface area contributed by atoms with E-state index in [-0.39, 0.29) is 24.8 Å². The van der Waals surface area contributed by atoms with Crippen LogP contribution in [0.1, 0.15) is 12.1 Å². The van der Waals surface area contributed by atoms with E-state index in [1.54, 1.807) is 11.3 Å². The molecular weight excluding hydrogens is 367 g/mol. The molecule has 2 saturated heterocycles. The van der Waals surface area contributed by atoms with Crippen LogP contribution in [0.3, 0.4) is 0 Å². The van der Waals surface area contributed by atoms with E-state index in [0.29, 0.717) is 0 Å². The number of aromatic nitrogens is 1. The summed E-state index contributed by atoms with van der Waals surface area (Å²) < 4.78 is 5.61. The van der Waals surface area contributed by atoms with Crippen LogP contribution in [0, 0.1) is 0 Å². The normalized spacial score (nSPS) is 22.1. The number of nitrogens with one attached hydrogen (secondary N) is 1. The smallest absolute Gasteiger partial charge is 0.236 e. The largest absolute Gasteiger partial charge is 0.444 e. The number of hydrogen-bond donors (Lipinski definition) is 1. The van der Waals surface area contributed by atoms with Crippen LogP contribution in [-0.2, 0) is 6.54 Å². The Balaban J connectivity index is 0.00000104. The molecule has 0 saturated carbocycles. The first-order valence-corrected chi connectivity index (χ1v) is 8.92. The predicted molar refractivity (Wildman–Crippen MR) is 102 cm³/mol. The van der Waals surface area contributed by atoms with Crippen LogP contribution < -0.4 is 5.32 Å². The minimum atomic E-state index is 0. The van der Waals surface area contributed by atoms with E-state index in [0.717, 1.165) is 48.7 Å². The zero-order valence-electron chi connectivity index (χ0n) is 13.5. The lowest BCUT2D eigenvalue weighted by Crippen LogP contribution is -2.50. The summed E-state index contributed by atoms with van der Waals surface area (Å²) in [5, 5.41) is 5.51. The summed E-state index contributed by atoms with van der Waals surface area (Å²) in [6.07, 6.45) is 3.11. The highest BCUT2D eigenvalue weighted by Crippen LogP contribution is 2.24. The highest BCUT2D eigenvalue weighted by molar-refractivity contribution is 7.13. The molecule has 2 aromatic heterocycles. The summed E-state index contributed by atoms with van der Waals surface area (Å²) in [5.74, 6) is 0.751. The van der Waals surface area contributed by atoms with E-state index in [1.165, 1.54) is 26.1 Å². The van der Waals surface area contributed by atoms with E-state index < -0.39 is 0 Å². The van der Waals surface area contributed by atoms with Crippen molar-refractivity contribution >= 4 is 36.2 Å². The molecule has 1 N–H and O–H groups in total. The summed E-state index contributed by atoms with van der Waals surface area (Å²) in [6, 6.07) is 4.83. The van der Waals surface area contributed by atoms with Crippen molar-refractivity contribution < 1.29 is 4.42 Å². The maximum Gasteiger partial charge on any atom is 0.236 e. The van der Waals surface area contributed by atoms with Gasteiger partial charge in [-0.25, -0.2) is 4.98 Å². The fourth-order valence-electron chi connectivity index (χ4n) is 3.36. The minimum absolute atomic E-state index is 0. The van der Waals surface area contributed by atoms with E-state index in [2.05, 4.69) is 31.5 Å². The topological polar surface area (TPSA) is 44.5 Å². The van der Waals surface area contributed by atoms with Gasteiger partial charge in [0.1, 0.15) is 6.26 Å². The average Bonchev–Trinajstić information content (AvgIpc) is 3.30. The molecule has 134 valence electrons. The molecule has 2 fully saturated rings. The van der Waals surface area contributed by atoms with E-state index in [9.17, 15) is 0 Å². The summed E-state index contributed by atoms with van der Waals surface area (Å²) in [4.78, 5) is 10.8. The number of rotatable bonds is 4. The molecule has 4 rings (SSSR count). The maximum absolute atomic E-state index is 5.61. The third-order valence-electron chi connectivity index (χ3n) is 4.63. The van der Waals surface area contributed by atoms with Crippen LogP contribution in [0.5, 0.6) is 0 Å². The summed E-state index contributed by atoms with van der Waals surface area (Å²) in [5.41, 5.74) is 1.04. The molecular formula is C16H24Cl2N4OS.